The van der Waals surface area contributed by atoms with Gasteiger partial charge < -0.3 is 4.84 Å². The van der Waals surface area contributed by atoms with Crippen LogP contribution in [0.1, 0.15) is 18.4 Å². The lowest BCUT2D eigenvalue weighted by molar-refractivity contribution is 0.130. The summed E-state index contributed by atoms with van der Waals surface area (Å²) in [6.07, 6.45) is 4.84. The highest BCUT2D eigenvalue weighted by molar-refractivity contribution is 5.79. The largest absolute Gasteiger partial charge is 0.392 e. The number of hydrogen-bond donors (Lipinski definition) is 0. The van der Waals surface area contributed by atoms with Crippen molar-refractivity contribution in [1.82, 2.24) is 0 Å². The average Bonchev–Trinajstić information content (AvgIpc) is 2.92. The maximum atomic E-state index is 13.0. The molecule has 0 saturated heterocycles. The molecule has 3 heteroatoms. The van der Waals surface area contributed by atoms with Crippen molar-refractivity contribution in [3.8, 4) is 0 Å². The van der Waals surface area contributed by atoms with E-state index in [-0.39, 0.29) is 11.9 Å². The zero-order valence-electron chi connectivity index (χ0n) is 7.03. The third-order valence-electron chi connectivity index (χ3n) is 1.77. The smallest absolute Gasteiger partial charge is 0.142 e. The number of nitrogens with zero attached hydrogens (tertiary/aromatic N) is 1. The summed E-state index contributed by atoms with van der Waals surface area (Å²) < 4.78 is 13.0. The van der Waals surface area contributed by atoms with E-state index in [4.69, 9.17) is 4.84 Å². The maximum Gasteiger partial charge on any atom is 0.142 e. The Bertz CT molecular complexity index is 320. The molecule has 13 heavy (non-hydrogen) atoms. The van der Waals surface area contributed by atoms with Crippen LogP contribution >= 0.6 is 0 Å². The summed E-state index contributed by atoms with van der Waals surface area (Å²) in [5, 5.41) is 3.57. The van der Waals surface area contributed by atoms with Gasteiger partial charge in [0.15, 0.2) is 0 Å². The van der Waals surface area contributed by atoms with Crippen molar-refractivity contribution in [1.29, 1.82) is 0 Å². The minimum Gasteiger partial charge on any atom is -0.392 e. The summed E-state index contributed by atoms with van der Waals surface area (Å²) in [5.74, 6) is -0.328. The second-order valence-electron chi connectivity index (χ2n) is 2.99. The van der Waals surface area contributed by atoms with Crippen molar-refractivity contribution in [2.75, 3.05) is 0 Å². The molecule has 2 nitrogen and oxygen atoms in total. The topological polar surface area (TPSA) is 21.6 Å². The van der Waals surface area contributed by atoms with Crippen molar-refractivity contribution in [2.24, 2.45) is 5.16 Å². The quantitative estimate of drug-likeness (QED) is 0.513. The monoisotopic (exact) mass is 178 g/mol. The summed E-state index contributed by atoms with van der Waals surface area (Å²) in [5.41, 5.74) is 0.336. The minimum atomic E-state index is -0.328. The Morgan fingerprint density at radius 3 is 2.85 bits per heavy atom. The Morgan fingerprint density at radius 1 is 1.38 bits per heavy atom. The summed E-state index contributed by atoms with van der Waals surface area (Å²) >= 11 is 0. The van der Waals surface area contributed by atoms with E-state index in [1.165, 1.54) is 6.07 Å². The van der Waals surface area contributed by atoms with Crippen molar-refractivity contribution in [3.05, 3.63) is 35.6 Å². The van der Waals surface area contributed by atoms with Crippen molar-refractivity contribution >= 4 is 6.21 Å². The summed E-state index contributed by atoms with van der Waals surface area (Å²) in [6, 6.07) is 6.34. The minimum absolute atomic E-state index is 0.235. The van der Waals surface area contributed by atoms with Crippen LogP contribution in [0.2, 0.25) is 0 Å². The average molecular weight is 178 g/mol. The number of rotatable bonds is 3. The molecular weight excluding hydrogens is 169 g/mol. The second-order valence-corrected chi connectivity index (χ2v) is 2.99. The molecule has 1 fully saturated rings. The molecule has 0 aliphatic heterocycles. The molecule has 1 radical (unpaired) electrons. The van der Waals surface area contributed by atoms with E-state index < -0.39 is 0 Å². The molecule has 1 saturated carbocycles. The van der Waals surface area contributed by atoms with E-state index in [9.17, 15) is 4.39 Å². The predicted octanol–water partition coefficient (Wildman–Crippen LogP) is 2.22. The van der Waals surface area contributed by atoms with Gasteiger partial charge in [0.05, 0.1) is 0 Å². The molecule has 1 aromatic rings. The van der Waals surface area contributed by atoms with Crippen LogP contribution in [0.4, 0.5) is 4.39 Å². The third kappa shape index (κ3) is 2.28. The first-order chi connectivity index (χ1) is 6.36. The van der Waals surface area contributed by atoms with E-state index >= 15 is 0 Å². The molecule has 1 aliphatic carbocycles. The molecular formula is C10H9FNO. The van der Waals surface area contributed by atoms with Gasteiger partial charge >= 0.3 is 0 Å². The lowest BCUT2D eigenvalue weighted by Gasteiger charge is -1.94. The molecule has 67 valence electrons. The number of hydrogen-bond acceptors (Lipinski definition) is 2. The molecule has 2 rings (SSSR count). The summed E-state index contributed by atoms with van der Waals surface area (Å²) in [4.78, 5) is 4.96. The Balaban J connectivity index is 1.99. The molecule has 0 bridgehead atoms. The first-order valence-corrected chi connectivity index (χ1v) is 4.22. The predicted molar refractivity (Wildman–Crippen MR) is 47.0 cm³/mol. The fraction of sp³-hybridized carbons (Fsp3) is 0.300. The van der Waals surface area contributed by atoms with Gasteiger partial charge in [0.2, 0.25) is 0 Å². The highest BCUT2D eigenvalue weighted by Crippen LogP contribution is 2.23. The van der Waals surface area contributed by atoms with Gasteiger partial charge in [0.25, 0.3) is 0 Å². The number of halogens is 1. The van der Waals surface area contributed by atoms with Crippen LogP contribution in [0.15, 0.2) is 29.4 Å². The fourth-order valence-corrected chi connectivity index (χ4v) is 0.875. The van der Waals surface area contributed by atoms with E-state index in [0.717, 1.165) is 12.8 Å². The van der Waals surface area contributed by atoms with E-state index in [2.05, 4.69) is 11.4 Å². The molecule has 1 aliphatic rings. The standard InChI is InChI=1S/C10H9FNO/c11-10-4-2-1-3-8(10)7-12-13-9-5-6-9/h1-4,9H,5-6H2. The lowest BCUT2D eigenvalue weighted by Crippen LogP contribution is -1.89. The first kappa shape index (κ1) is 8.23. The molecule has 0 amide bonds. The normalized spacial score (nSPS) is 16.4. The van der Waals surface area contributed by atoms with E-state index in [1.54, 1.807) is 18.2 Å². The highest BCUT2D eigenvalue weighted by atomic mass is 19.1. The van der Waals surface area contributed by atoms with Crippen LogP contribution in [0.5, 0.6) is 0 Å². The molecule has 0 aromatic heterocycles. The Labute approximate surface area is 76.0 Å². The van der Waals surface area contributed by atoms with Gasteiger partial charge in [-0.15, -0.1) is 0 Å². The molecule has 0 unspecified atom stereocenters. The van der Waals surface area contributed by atoms with Gasteiger partial charge in [-0.2, -0.15) is 0 Å². The van der Waals surface area contributed by atoms with Gasteiger partial charge in [-0.05, 0) is 25.0 Å². The van der Waals surface area contributed by atoms with Crippen LogP contribution < -0.4 is 0 Å². The van der Waals surface area contributed by atoms with Crippen LogP contribution in [0, 0.1) is 5.82 Å². The van der Waals surface area contributed by atoms with Crippen LogP contribution in [0.25, 0.3) is 0 Å². The first-order valence-electron chi connectivity index (χ1n) is 4.22. The van der Waals surface area contributed by atoms with Crippen molar-refractivity contribution in [2.45, 2.75) is 18.9 Å². The highest BCUT2D eigenvalue weighted by Gasteiger charge is 2.23. The number of benzene rings is 1. The second kappa shape index (κ2) is 3.56. The Hall–Kier alpha value is -1.38. The summed E-state index contributed by atoms with van der Waals surface area (Å²) in [6.45, 7) is 0. The third-order valence-corrected chi connectivity index (χ3v) is 1.77. The van der Waals surface area contributed by atoms with Crippen LogP contribution in [-0.2, 0) is 4.84 Å². The van der Waals surface area contributed by atoms with Gasteiger partial charge in [-0.3, -0.25) is 0 Å². The Kier molecular flexibility index (Phi) is 2.25. The zero-order chi connectivity index (χ0) is 9.10. The molecule has 0 N–H and O–H groups in total. The molecule has 1 aromatic carbocycles. The van der Waals surface area contributed by atoms with E-state index in [1.807, 2.05) is 0 Å². The Morgan fingerprint density at radius 2 is 2.15 bits per heavy atom. The van der Waals surface area contributed by atoms with Gasteiger partial charge in [0.1, 0.15) is 18.1 Å². The van der Waals surface area contributed by atoms with Gasteiger partial charge in [-0.25, -0.2) is 4.39 Å². The van der Waals surface area contributed by atoms with Gasteiger partial charge in [0, 0.05) is 5.56 Å². The van der Waals surface area contributed by atoms with Gasteiger partial charge in [-0.1, -0.05) is 17.3 Å². The van der Waals surface area contributed by atoms with Crippen molar-refractivity contribution < 1.29 is 9.23 Å². The summed E-state index contributed by atoms with van der Waals surface area (Å²) in [7, 11) is 0. The molecule has 0 heterocycles. The zero-order valence-corrected chi connectivity index (χ0v) is 7.03. The molecule has 0 atom stereocenters. The van der Waals surface area contributed by atoms with E-state index in [0.29, 0.717) is 5.56 Å². The van der Waals surface area contributed by atoms with Crippen molar-refractivity contribution in [3.63, 3.8) is 0 Å². The van der Waals surface area contributed by atoms with Crippen LogP contribution in [0.3, 0.4) is 0 Å². The fourth-order valence-electron chi connectivity index (χ4n) is 0.875. The lowest BCUT2D eigenvalue weighted by atomic mass is 10.2. The van der Waals surface area contributed by atoms with Crippen LogP contribution in [-0.4, -0.2) is 12.3 Å². The maximum absolute atomic E-state index is 13.0. The SMILES string of the molecule is Fc1ccccc1/[C]=N/OC1CC1. The molecule has 0 spiro atoms.